The van der Waals surface area contributed by atoms with Gasteiger partial charge in [0.05, 0.1) is 5.56 Å². The van der Waals surface area contributed by atoms with Gasteiger partial charge in [0, 0.05) is 25.0 Å². The lowest BCUT2D eigenvalue weighted by molar-refractivity contribution is 0.100. The van der Waals surface area contributed by atoms with Crippen molar-refractivity contribution < 1.29 is 4.79 Å². The minimum atomic E-state index is -0.452. The Morgan fingerprint density at radius 1 is 1.25 bits per heavy atom. The number of benzene rings is 1. The van der Waals surface area contributed by atoms with Gasteiger partial charge >= 0.3 is 0 Å². The lowest BCUT2D eigenvalue weighted by Gasteiger charge is -2.30. The maximum Gasteiger partial charge on any atom is 0.252 e. The number of nitrogens with two attached hydrogens (primary N) is 2. The minimum absolute atomic E-state index is 0.452. The van der Waals surface area contributed by atoms with Gasteiger partial charge in [0.1, 0.15) is 5.82 Å². The molecule has 0 fully saturated rings. The zero-order valence-electron chi connectivity index (χ0n) is 11.0. The van der Waals surface area contributed by atoms with E-state index in [0.717, 1.165) is 18.7 Å². The number of amides is 1. The molecule has 2 heterocycles. The van der Waals surface area contributed by atoms with Crippen LogP contribution < -0.4 is 16.4 Å². The summed E-state index contributed by atoms with van der Waals surface area (Å²) in [5.41, 5.74) is 14.9. The number of fused-ring (bicyclic) bond motifs is 1. The summed E-state index contributed by atoms with van der Waals surface area (Å²) in [5.74, 6) is 0.194. The monoisotopic (exact) mass is 268 g/mol. The van der Waals surface area contributed by atoms with Crippen LogP contribution in [0, 0.1) is 0 Å². The Bertz CT molecular complexity index is 669. The van der Waals surface area contributed by atoms with E-state index in [2.05, 4.69) is 16.0 Å². The van der Waals surface area contributed by atoms with Gasteiger partial charge in [-0.3, -0.25) is 4.79 Å². The molecule has 102 valence electrons. The Morgan fingerprint density at radius 3 is 2.90 bits per heavy atom. The normalized spacial score (nSPS) is 13.9. The molecular weight excluding hydrogens is 252 g/mol. The number of carbonyl (C=O) groups excluding carboxylic acids is 1. The van der Waals surface area contributed by atoms with Crippen molar-refractivity contribution in [3.8, 4) is 0 Å². The van der Waals surface area contributed by atoms with Crippen molar-refractivity contribution in [2.45, 2.75) is 13.0 Å². The second kappa shape index (κ2) is 4.85. The van der Waals surface area contributed by atoms with Crippen molar-refractivity contribution in [3.63, 3.8) is 0 Å². The van der Waals surface area contributed by atoms with Crippen LogP contribution in [-0.4, -0.2) is 17.4 Å². The molecule has 0 spiro atoms. The quantitative estimate of drug-likeness (QED) is 0.804. The number of hydrogen-bond acceptors (Lipinski definition) is 4. The first-order valence-electron chi connectivity index (χ1n) is 6.52. The van der Waals surface area contributed by atoms with Gasteiger partial charge < -0.3 is 16.4 Å². The Morgan fingerprint density at radius 2 is 2.10 bits per heavy atom. The third-order valence-electron chi connectivity index (χ3n) is 3.59. The molecule has 1 aliphatic heterocycles. The van der Waals surface area contributed by atoms with E-state index in [-0.39, 0.29) is 0 Å². The third-order valence-corrected chi connectivity index (χ3v) is 3.59. The SMILES string of the molecule is NC(=O)c1cccnc1N1CCc2ccc(N)cc2C1. The van der Waals surface area contributed by atoms with Crippen LogP contribution in [0.3, 0.4) is 0 Å². The molecule has 5 heteroatoms. The lowest BCUT2D eigenvalue weighted by Crippen LogP contribution is -2.33. The van der Waals surface area contributed by atoms with Crippen LogP contribution in [0.15, 0.2) is 36.5 Å². The van der Waals surface area contributed by atoms with Crippen molar-refractivity contribution >= 4 is 17.4 Å². The highest BCUT2D eigenvalue weighted by atomic mass is 16.1. The molecule has 1 aliphatic rings. The Kier molecular flexibility index (Phi) is 3.02. The smallest absolute Gasteiger partial charge is 0.252 e. The van der Waals surface area contributed by atoms with Crippen molar-refractivity contribution in [3.05, 3.63) is 53.2 Å². The van der Waals surface area contributed by atoms with E-state index in [1.807, 2.05) is 12.1 Å². The minimum Gasteiger partial charge on any atom is -0.399 e. The van der Waals surface area contributed by atoms with Gasteiger partial charge in [-0.15, -0.1) is 0 Å². The second-order valence-corrected chi connectivity index (χ2v) is 4.94. The topological polar surface area (TPSA) is 85.2 Å². The summed E-state index contributed by atoms with van der Waals surface area (Å²) < 4.78 is 0. The van der Waals surface area contributed by atoms with Crippen molar-refractivity contribution in [2.24, 2.45) is 5.73 Å². The molecule has 0 aliphatic carbocycles. The van der Waals surface area contributed by atoms with Crippen molar-refractivity contribution in [1.82, 2.24) is 4.98 Å². The van der Waals surface area contributed by atoms with Gasteiger partial charge in [-0.1, -0.05) is 6.07 Å². The lowest BCUT2D eigenvalue weighted by atomic mass is 9.99. The van der Waals surface area contributed by atoms with Gasteiger partial charge in [0.2, 0.25) is 0 Å². The molecule has 5 nitrogen and oxygen atoms in total. The Balaban J connectivity index is 1.96. The number of rotatable bonds is 2. The van der Waals surface area contributed by atoms with E-state index >= 15 is 0 Å². The molecule has 20 heavy (non-hydrogen) atoms. The third kappa shape index (κ3) is 2.18. The molecule has 1 aromatic heterocycles. The predicted octanol–water partition coefficient (Wildman–Crippen LogP) is 1.33. The number of hydrogen-bond donors (Lipinski definition) is 2. The van der Waals surface area contributed by atoms with Crippen LogP contribution in [0.2, 0.25) is 0 Å². The number of pyridine rings is 1. The van der Waals surface area contributed by atoms with Crippen LogP contribution in [0.4, 0.5) is 11.5 Å². The average Bonchev–Trinajstić information content (AvgIpc) is 2.46. The zero-order chi connectivity index (χ0) is 14.1. The molecule has 0 radical (unpaired) electrons. The molecule has 4 N–H and O–H groups in total. The highest BCUT2D eigenvalue weighted by molar-refractivity contribution is 5.97. The molecular formula is C15H16N4O. The Labute approximate surface area is 117 Å². The summed E-state index contributed by atoms with van der Waals surface area (Å²) in [6, 6.07) is 9.40. The molecule has 3 rings (SSSR count). The van der Waals surface area contributed by atoms with E-state index in [9.17, 15) is 4.79 Å². The Hall–Kier alpha value is -2.56. The van der Waals surface area contributed by atoms with E-state index < -0.39 is 5.91 Å². The zero-order valence-corrected chi connectivity index (χ0v) is 11.0. The summed E-state index contributed by atoms with van der Waals surface area (Å²) in [4.78, 5) is 17.9. The fourth-order valence-corrected chi connectivity index (χ4v) is 2.60. The van der Waals surface area contributed by atoms with Crippen LogP contribution >= 0.6 is 0 Å². The van der Waals surface area contributed by atoms with Gasteiger partial charge in [-0.2, -0.15) is 0 Å². The first-order valence-corrected chi connectivity index (χ1v) is 6.52. The van der Waals surface area contributed by atoms with E-state index in [1.165, 1.54) is 11.1 Å². The molecule has 1 aromatic carbocycles. The molecule has 1 amide bonds. The summed E-state index contributed by atoms with van der Waals surface area (Å²) in [5, 5.41) is 0. The summed E-state index contributed by atoms with van der Waals surface area (Å²) in [7, 11) is 0. The van der Waals surface area contributed by atoms with Gasteiger partial charge in [0.25, 0.3) is 5.91 Å². The standard InChI is InChI=1S/C15H16N4O/c16-12-4-3-10-5-7-19(9-11(10)8-12)15-13(14(17)20)2-1-6-18-15/h1-4,6,8H,5,7,9,16H2,(H2,17,20). The molecule has 0 saturated heterocycles. The first-order chi connectivity index (χ1) is 9.65. The number of nitrogens with zero attached hydrogens (tertiary/aromatic N) is 2. The molecule has 2 aromatic rings. The van der Waals surface area contributed by atoms with E-state index in [0.29, 0.717) is 17.9 Å². The molecule has 0 saturated carbocycles. The number of carbonyl (C=O) groups is 1. The van der Waals surface area contributed by atoms with E-state index in [1.54, 1.807) is 18.3 Å². The van der Waals surface area contributed by atoms with Crippen LogP contribution in [-0.2, 0) is 13.0 Å². The average molecular weight is 268 g/mol. The van der Waals surface area contributed by atoms with Gasteiger partial charge in [0.15, 0.2) is 0 Å². The summed E-state index contributed by atoms with van der Waals surface area (Å²) >= 11 is 0. The highest BCUT2D eigenvalue weighted by Crippen LogP contribution is 2.26. The highest BCUT2D eigenvalue weighted by Gasteiger charge is 2.21. The van der Waals surface area contributed by atoms with Crippen LogP contribution in [0.1, 0.15) is 21.5 Å². The second-order valence-electron chi connectivity index (χ2n) is 4.94. The van der Waals surface area contributed by atoms with E-state index in [4.69, 9.17) is 11.5 Å². The molecule has 0 atom stereocenters. The fraction of sp³-hybridized carbons (Fsp3) is 0.200. The van der Waals surface area contributed by atoms with Crippen molar-refractivity contribution in [1.29, 1.82) is 0 Å². The van der Waals surface area contributed by atoms with Gasteiger partial charge in [-0.25, -0.2) is 4.98 Å². The number of anilines is 2. The van der Waals surface area contributed by atoms with Gasteiger partial charge in [-0.05, 0) is 41.8 Å². The number of aromatic nitrogens is 1. The predicted molar refractivity (Wildman–Crippen MR) is 78.4 cm³/mol. The fourth-order valence-electron chi connectivity index (χ4n) is 2.60. The number of primary amides is 1. The maximum atomic E-state index is 11.5. The largest absolute Gasteiger partial charge is 0.399 e. The molecule has 0 unspecified atom stereocenters. The first kappa shape index (κ1) is 12.5. The summed E-state index contributed by atoms with van der Waals surface area (Å²) in [6.45, 7) is 1.51. The van der Waals surface area contributed by atoms with Crippen LogP contribution in [0.5, 0.6) is 0 Å². The number of nitrogen functional groups attached to an aromatic ring is 1. The van der Waals surface area contributed by atoms with Crippen molar-refractivity contribution in [2.75, 3.05) is 17.2 Å². The summed E-state index contributed by atoms with van der Waals surface area (Å²) in [6.07, 6.45) is 2.58. The van der Waals surface area contributed by atoms with Crippen LogP contribution in [0.25, 0.3) is 0 Å². The molecule has 0 bridgehead atoms. The maximum absolute atomic E-state index is 11.5.